The van der Waals surface area contributed by atoms with Crippen molar-refractivity contribution in [2.75, 3.05) is 20.3 Å². The monoisotopic (exact) mass is 362 g/mol. The zero-order valence-electron chi connectivity index (χ0n) is 12.9. The van der Waals surface area contributed by atoms with E-state index in [9.17, 15) is 0 Å². The number of ether oxygens (including phenoxy) is 1. The molecule has 0 aromatic carbocycles. The van der Waals surface area contributed by atoms with Crippen LogP contribution in [0.3, 0.4) is 0 Å². The summed E-state index contributed by atoms with van der Waals surface area (Å²) >= 11 is 5.34. The average Bonchev–Trinajstić information content (AvgIpc) is 2.87. The summed E-state index contributed by atoms with van der Waals surface area (Å²) in [5.74, 6) is 0. The molecule has 116 valence electrons. The van der Waals surface area contributed by atoms with Crippen LogP contribution in [0, 0.1) is 0 Å². The van der Waals surface area contributed by atoms with Gasteiger partial charge in [0.2, 0.25) is 0 Å². The minimum atomic E-state index is 0.145. The summed E-state index contributed by atoms with van der Waals surface area (Å²) in [5.41, 5.74) is 6.43. The zero-order chi connectivity index (χ0) is 15.1. The van der Waals surface area contributed by atoms with Gasteiger partial charge in [-0.05, 0) is 41.8 Å². The molecular weight excluding hydrogens is 336 g/mol. The highest BCUT2D eigenvalue weighted by atomic mass is 79.9. The molecule has 1 aromatic rings. The summed E-state index contributed by atoms with van der Waals surface area (Å²) in [7, 11) is 1.76. The molecule has 0 aliphatic carbocycles. The molecule has 0 bridgehead atoms. The van der Waals surface area contributed by atoms with Crippen molar-refractivity contribution in [1.82, 2.24) is 4.90 Å². The van der Waals surface area contributed by atoms with E-state index >= 15 is 0 Å². The first kappa shape index (κ1) is 18.1. The SMILES string of the molecule is CCC(N)C(c1cc(Br)cs1)N(CCOC)C(C)CC. The number of methoxy groups -OCH3 is 1. The first-order chi connectivity index (χ1) is 9.54. The summed E-state index contributed by atoms with van der Waals surface area (Å²) in [4.78, 5) is 3.83. The predicted molar refractivity (Wildman–Crippen MR) is 91.4 cm³/mol. The van der Waals surface area contributed by atoms with Crippen LogP contribution in [0.4, 0.5) is 0 Å². The van der Waals surface area contributed by atoms with Crippen LogP contribution in [0.25, 0.3) is 0 Å². The van der Waals surface area contributed by atoms with E-state index in [1.165, 1.54) is 4.88 Å². The Morgan fingerprint density at radius 2 is 2.10 bits per heavy atom. The molecule has 0 fully saturated rings. The van der Waals surface area contributed by atoms with E-state index in [4.69, 9.17) is 10.5 Å². The Hall–Kier alpha value is 0.0600. The van der Waals surface area contributed by atoms with E-state index in [0.29, 0.717) is 6.04 Å². The molecule has 0 aliphatic rings. The normalized spacial score (nSPS) is 16.4. The van der Waals surface area contributed by atoms with Crippen LogP contribution in [0.1, 0.15) is 44.5 Å². The van der Waals surface area contributed by atoms with Crippen LogP contribution in [0.5, 0.6) is 0 Å². The Morgan fingerprint density at radius 3 is 2.55 bits per heavy atom. The van der Waals surface area contributed by atoms with Gasteiger partial charge >= 0.3 is 0 Å². The molecule has 3 unspecified atom stereocenters. The lowest BCUT2D eigenvalue weighted by Crippen LogP contribution is -2.46. The van der Waals surface area contributed by atoms with Gasteiger partial charge in [0, 0.05) is 40.5 Å². The van der Waals surface area contributed by atoms with Gasteiger partial charge in [-0.3, -0.25) is 4.90 Å². The summed E-state index contributed by atoms with van der Waals surface area (Å²) in [6.45, 7) is 8.31. The molecule has 1 rings (SSSR count). The lowest BCUT2D eigenvalue weighted by Gasteiger charge is -2.38. The molecule has 0 saturated carbocycles. The highest BCUT2D eigenvalue weighted by Gasteiger charge is 2.29. The van der Waals surface area contributed by atoms with Crippen molar-refractivity contribution < 1.29 is 4.74 Å². The van der Waals surface area contributed by atoms with E-state index in [1.807, 2.05) is 0 Å². The molecule has 0 spiro atoms. The van der Waals surface area contributed by atoms with E-state index in [2.05, 4.69) is 53.0 Å². The van der Waals surface area contributed by atoms with Gasteiger partial charge in [0.15, 0.2) is 0 Å². The largest absolute Gasteiger partial charge is 0.383 e. The van der Waals surface area contributed by atoms with Crippen molar-refractivity contribution in [3.63, 3.8) is 0 Å². The van der Waals surface area contributed by atoms with Gasteiger partial charge in [-0.15, -0.1) is 11.3 Å². The standard InChI is InChI=1S/C15H27BrN2OS/c1-5-11(3)18(7-8-19-4)15(13(17)6-2)14-9-12(16)10-20-14/h9-11,13,15H,5-8,17H2,1-4H3. The van der Waals surface area contributed by atoms with Gasteiger partial charge in [-0.25, -0.2) is 0 Å². The smallest absolute Gasteiger partial charge is 0.0596 e. The van der Waals surface area contributed by atoms with Gasteiger partial charge < -0.3 is 10.5 Å². The number of thiophene rings is 1. The Labute approximate surface area is 135 Å². The first-order valence-corrected chi connectivity index (χ1v) is 8.96. The lowest BCUT2D eigenvalue weighted by molar-refractivity contribution is 0.0769. The highest BCUT2D eigenvalue weighted by molar-refractivity contribution is 9.10. The fraction of sp³-hybridized carbons (Fsp3) is 0.733. The minimum Gasteiger partial charge on any atom is -0.383 e. The maximum Gasteiger partial charge on any atom is 0.0596 e. The van der Waals surface area contributed by atoms with Gasteiger partial charge in [0.1, 0.15) is 0 Å². The average molecular weight is 363 g/mol. The molecule has 0 amide bonds. The van der Waals surface area contributed by atoms with E-state index < -0.39 is 0 Å². The van der Waals surface area contributed by atoms with E-state index in [0.717, 1.165) is 30.5 Å². The molecular formula is C15H27BrN2OS. The van der Waals surface area contributed by atoms with Crippen LogP contribution in [0.2, 0.25) is 0 Å². The molecule has 0 saturated heterocycles. The third-order valence-corrected chi connectivity index (χ3v) is 5.59. The number of hydrogen-bond acceptors (Lipinski definition) is 4. The van der Waals surface area contributed by atoms with Crippen LogP contribution in [-0.2, 0) is 4.74 Å². The topological polar surface area (TPSA) is 38.5 Å². The number of rotatable bonds is 9. The minimum absolute atomic E-state index is 0.145. The Morgan fingerprint density at radius 1 is 1.40 bits per heavy atom. The number of nitrogens with two attached hydrogens (primary N) is 1. The third-order valence-electron chi connectivity index (χ3n) is 3.82. The van der Waals surface area contributed by atoms with Gasteiger partial charge in [-0.1, -0.05) is 13.8 Å². The summed E-state index contributed by atoms with van der Waals surface area (Å²) in [6, 6.07) is 3.11. The van der Waals surface area contributed by atoms with E-state index in [-0.39, 0.29) is 12.1 Å². The molecule has 1 aromatic heterocycles. The van der Waals surface area contributed by atoms with Crippen molar-refractivity contribution >= 4 is 27.3 Å². The Kier molecular flexibility index (Phi) is 8.29. The fourth-order valence-electron chi connectivity index (χ4n) is 2.39. The second-order valence-electron chi connectivity index (χ2n) is 5.17. The van der Waals surface area contributed by atoms with Crippen LogP contribution in [-0.4, -0.2) is 37.2 Å². The molecule has 3 atom stereocenters. The van der Waals surface area contributed by atoms with Gasteiger partial charge in [0.25, 0.3) is 0 Å². The summed E-state index contributed by atoms with van der Waals surface area (Å²) in [6.07, 6.45) is 2.09. The van der Waals surface area contributed by atoms with Crippen molar-refractivity contribution in [3.8, 4) is 0 Å². The molecule has 3 nitrogen and oxygen atoms in total. The highest BCUT2D eigenvalue weighted by Crippen LogP contribution is 2.33. The number of nitrogens with zero attached hydrogens (tertiary/aromatic N) is 1. The third kappa shape index (κ3) is 4.81. The quantitative estimate of drug-likeness (QED) is 0.720. The summed E-state index contributed by atoms with van der Waals surface area (Å²) in [5, 5.41) is 2.13. The number of hydrogen-bond donors (Lipinski definition) is 1. The predicted octanol–water partition coefficient (Wildman–Crippen LogP) is 4.04. The molecule has 2 N–H and O–H groups in total. The molecule has 0 radical (unpaired) electrons. The molecule has 1 heterocycles. The van der Waals surface area contributed by atoms with Crippen LogP contribution in [0.15, 0.2) is 15.9 Å². The van der Waals surface area contributed by atoms with Crippen molar-refractivity contribution in [3.05, 3.63) is 20.8 Å². The van der Waals surface area contributed by atoms with Crippen molar-refractivity contribution in [2.24, 2.45) is 5.73 Å². The fourth-order valence-corrected chi connectivity index (χ4v) is 4.03. The molecule has 20 heavy (non-hydrogen) atoms. The second kappa shape index (κ2) is 9.15. The Bertz CT molecular complexity index is 386. The van der Waals surface area contributed by atoms with Crippen LogP contribution < -0.4 is 5.73 Å². The Balaban J connectivity index is 3.03. The van der Waals surface area contributed by atoms with Gasteiger partial charge in [0.05, 0.1) is 12.6 Å². The maximum atomic E-state index is 6.43. The first-order valence-electron chi connectivity index (χ1n) is 7.29. The lowest BCUT2D eigenvalue weighted by atomic mass is 10.0. The molecule has 5 heteroatoms. The zero-order valence-corrected chi connectivity index (χ0v) is 15.3. The summed E-state index contributed by atoms with van der Waals surface area (Å²) < 4.78 is 6.42. The maximum absolute atomic E-state index is 6.43. The van der Waals surface area contributed by atoms with Crippen LogP contribution >= 0.6 is 27.3 Å². The second-order valence-corrected chi connectivity index (χ2v) is 7.03. The van der Waals surface area contributed by atoms with Crippen molar-refractivity contribution in [1.29, 1.82) is 0 Å². The van der Waals surface area contributed by atoms with Crippen molar-refractivity contribution in [2.45, 2.75) is 51.7 Å². The number of halogens is 1. The van der Waals surface area contributed by atoms with Gasteiger partial charge in [-0.2, -0.15) is 0 Å². The van der Waals surface area contributed by atoms with E-state index in [1.54, 1.807) is 18.4 Å². The molecule has 0 aliphatic heterocycles.